The van der Waals surface area contributed by atoms with Crippen LogP contribution < -0.4 is 4.90 Å². The van der Waals surface area contributed by atoms with Gasteiger partial charge in [0.2, 0.25) is 0 Å². The van der Waals surface area contributed by atoms with Crippen molar-refractivity contribution in [2.24, 2.45) is 5.41 Å². The first kappa shape index (κ1) is 15.3. The smallest absolute Gasteiger partial charge is 0.101 e. The average Bonchev–Trinajstić information content (AvgIpc) is 2.73. The van der Waals surface area contributed by atoms with Crippen LogP contribution in [0.15, 0.2) is 24.3 Å². The predicted molar refractivity (Wildman–Crippen MR) is 88.4 cm³/mol. The largest absolute Gasteiger partial charge is 0.373 e. The molecule has 0 aliphatic heterocycles. The Morgan fingerprint density at radius 2 is 1.85 bits per heavy atom. The molecule has 2 nitrogen and oxygen atoms in total. The van der Waals surface area contributed by atoms with Crippen LogP contribution in [0.25, 0.3) is 0 Å². The molecule has 0 radical (unpaired) electrons. The second-order valence-electron chi connectivity index (χ2n) is 6.06. The lowest BCUT2D eigenvalue weighted by Gasteiger charge is -2.36. The topological polar surface area (TPSA) is 27.0 Å². The van der Waals surface area contributed by atoms with E-state index in [2.05, 4.69) is 30.6 Å². The quantitative estimate of drug-likeness (QED) is 0.662. The third-order valence-electron chi connectivity index (χ3n) is 4.51. The van der Waals surface area contributed by atoms with Crippen LogP contribution in [0.2, 0.25) is 0 Å². The number of nitrogens with zero attached hydrogens (tertiary/aromatic N) is 2. The zero-order chi connectivity index (χ0) is 14.4. The van der Waals surface area contributed by atoms with Crippen LogP contribution in [0.5, 0.6) is 0 Å². The SMILES string of the molecule is CN(CC1(CS)CCCCCC1)c1ccccc1C#N. The minimum absolute atomic E-state index is 0.303. The van der Waals surface area contributed by atoms with E-state index in [4.69, 9.17) is 0 Å². The molecule has 3 heteroatoms. The van der Waals surface area contributed by atoms with Crippen molar-refractivity contribution in [3.63, 3.8) is 0 Å². The molecule has 0 unspecified atom stereocenters. The maximum Gasteiger partial charge on any atom is 0.101 e. The fraction of sp³-hybridized carbons (Fsp3) is 0.588. The summed E-state index contributed by atoms with van der Waals surface area (Å²) in [6, 6.07) is 10.2. The molecule has 1 fully saturated rings. The first-order valence-corrected chi connectivity index (χ1v) is 8.15. The molecule has 20 heavy (non-hydrogen) atoms. The molecule has 1 aliphatic rings. The Balaban J connectivity index is 2.16. The maximum atomic E-state index is 9.25. The average molecular weight is 288 g/mol. The molecular formula is C17H24N2S. The number of nitriles is 1. The molecule has 0 saturated heterocycles. The van der Waals surface area contributed by atoms with Crippen molar-refractivity contribution in [3.8, 4) is 6.07 Å². The summed E-state index contributed by atoms with van der Waals surface area (Å²) in [6.45, 7) is 0.995. The van der Waals surface area contributed by atoms with Gasteiger partial charge in [0.05, 0.1) is 11.3 Å². The van der Waals surface area contributed by atoms with E-state index in [1.165, 1.54) is 38.5 Å². The van der Waals surface area contributed by atoms with E-state index in [-0.39, 0.29) is 0 Å². The highest BCUT2D eigenvalue weighted by atomic mass is 32.1. The number of thiol groups is 1. The van der Waals surface area contributed by atoms with Gasteiger partial charge in [0.1, 0.15) is 6.07 Å². The fourth-order valence-electron chi connectivity index (χ4n) is 3.33. The summed E-state index contributed by atoms with van der Waals surface area (Å²) in [5.41, 5.74) is 2.11. The molecule has 108 valence electrons. The highest BCUT2D eigenvalue weighted by molar-refractivity contribution is 7.80. The molecule has 1 aliphatic carbocycles. The van der Waals surface area contributed by atoms with Crippen molar-refractivity contribution in [1.82, 2.24) is 0 Å². The number of para-hydroxylation sites is 1. The lowest BCUT2D eigenvalue weighted by Crippen LogP contribution is -2.37. The van der Waals surface area contributed by atoms with Gasteiger partial charge >= 0.3 is 0 Å². The van der Waals surface area contributed by atoms with Crippen LogP contribution in [0.1, 0.15) is 44.1 Å². The Morgan fingerprint density at radius 3 is 2.45 bits per heavy atom. The standard InChI is InChI=1S/C17H24N2S/c1-19(16-9-5-4-8-15(16)12-18)13-17(14-20)10-6-2-3-7-11-17/h4-5,8-9,20H,2-3,6-7,10-11,13-14H2,1H3. The van der Waals surface area contributed by atoms with Gasteiger partial charge in [-0.05, 0) is 36.1 Å². The third-order valence-corrected chi connectivity index (χ3v) is 5.18. The number of anilines is 1. The number of benzene rings is 1. The monoisotopic (exact) mass is 288 g/mol. The second kappa shape index (κ2) is 7.04. The van der Waals surface area contributed by atoms with Crippen molar-refractivity contribution in [3.05, 3.63) is 29.8 Å². The van der Waals surface area contributed by atoms with Gasteiger partial charge in [0.25, 0.3) is 0 Å². The van der Waals surface area contributed by atoms with E-state index in [0.29, 0.717) is 5.41 Å². The number of hydrogen-bond acceptors (Lipinski definition) is 3. The zero-order valence-electron chi connectivity index (χ0n) is 12.3. The summed E-state index contributed by atoms with van der Waals surface area (Å²) in [6.07, 6.45) is 7.86. The molecule has 0 heterocycles. The molecule has 2 rings (SSSR count). The minimum Gasteiger partial charge on any atom is -0.373 e. The molecular weight excluding hydrogens is 264 g/mol. The van der Waals surface area contributed by atoms with Gasteiger partial charge in [0.15, 0.2) is 0 Å². The van der Waals surface area contributed by atoms with Crippen LogP contribution in [-0.4, -0.2) is 19.3 Å². The molecule has 0 aromatic heterocycles. The Hall–Kier alpha value is -1.14. The normalized spacial score (nSPS) is 18.1. The van der Waals surface area contributed by atoms with Crippen molar-refractivity contribution in [1.29, 1.82) is 5.26 Å². The lowest BCUT2D eigenvalue weighted by atomic mass is 9.81. The van der Waals surface area contributed by atoms with Gasteiger partial charge in [-0.2, -0.15) is 17.9 Å². The third kappa shape index (κ3) is 3.49. The van der Waals surface area contributed by atoms with E-state index >= 15 is 0 Å². The van der Waals surface area contributed by atoms with Crippen molar-refractivity contribution >= 4 is 18.3 Å². The first-order chi connectivity index (χ1) is 9.71. The summed E-state index contributed by atoms with van der Waals surface area (Å²) >= 11 is 4.64. The molecule has 0 N–H and O–H groups in total. The summed E-state index contributed by atoms with van der Waals surface area (Å²) < 4.78 is 0. The maximum absolute atomic E-state index is 9.25. The predicted octanol–water partition coefficient (Wildman–Crippen LogP) is 4.26. The van der Waals surface area contributed by atoms with E-state index < -0.39 is 0 Å². The van der Waals surface area contributed by atoms with Crippen LogP contribution in [0.4, 0.5) is 5.69 Å². The molecule has 0 atom stereocenters. The van der Waals surface area contributed by atoms with Gasteiger partial charge in [-0.25, -0.2) is 0 Å². The van der Waals surface area contributed by atoms with E-state index in [9.17, 15) is 5.26 Å². The summed E-state index contributed by atoms with van der Waals surface area (Å²) in [5.74, 6) is 0.937. The Kier molecular flexibility index (Phi) is 5.37. The highest BCUT2D eigenvalue weighted by Gasteiger charge is 2.31. The minimum atomic E-state index is 0.303. The summed E-state index contributed by atoms with van der Waals surface area (Å²) in [7, 11) is 2.10. The van der Waals surface area contributed by atoms with Gasteiger partial charge < -0.3 is 4.90 Å². The highest BCUT2D eigenvalue weighted by Crippen LogP contribution is 2.37. The Morgan fingerprint density at radius 1 is 1.20 bits per heavy atom. The molecule has 1 saturated carbocycles. The molecule has 0 amide bonds. The van der Waals surface area contributed by atoms with E-state index in [1.807, 2.05) is 24.3 Å². The van der Waals surface area contributed by atoms with Crippen LogP contribution in [0.3, 0.4) is 0 Å². The van der Waals surface area contributed by atoms with Crippen LogP contribution >= 0.6 is 12.6 Å². The number of hydrogen-bond donors (Lipinski definition) is 1. The fourth-order valence-corrected chi connectivity index (χ4v) is 3.75. The second-order valence-corrected chi connectivity index (χ2v) is 6.37. The Bertz CT molecular complexity index is 470. The van der Waals surface area contributed by atoms with Gasteiger partial charge in [-0.1, -0.05) is 37.8 Å². The van der Waals surface area contributed by atoms with Gasteiger partial charge in [-0.15, -0.1) is 0 Å². The lowest BCUT2D eigenvalue weighted by molar-refractivity contribution is 0.293. The molecule has 1 aromatic rings. The zero-order valence-corrected chi connectivity index (χ0v) is 13.2. The van der Waals surface area contributed by atoms with Crippen LogP contribution in [-0.2, 0) is 0 Å². The molecule has 1 aromatic carbocycles. The summed E-state index contributed by atoms with van der Waals surface area (Å²) in [4.78, 5) is 2.25. The van der Waals surface area contributed by atoms with Crippen LogP contribution in [0, 0.1) is 16.7 Å². The van der Waals surface area contributed by atoms with E-state index in [0.717, 1.165) is 23.5 Å². The first-order valence-electron chi connectivity index (χ1n) is 7.52. The van der Waals surface area contributed by atoms with Gasteiger partial charge in [0, 0.05) is 13.6 Å². The summed E-state index contributed by atoms with van der Waals surface area (Å²) in [5, 5.41) is 9.25. The number of rotatable bonds is 4. The van der Waals surface area contributed by atoms with Crippen molar-refractivity contribution in [2.75, 3.05) is 24.2 Å². The molecule has 0 bridgehead atoms. The van der Waals surface area contributed by atoms with Gasteiger partial charge in [-0.3, -0.25) is 0 Å². The Labute approximate surface area is 128 Å². The molecule has 0 spiro atoms. The van der Waals surface area contributed by atoms with Crippen molar-refractivity contribution in [2.45, 2.75) is 38.5 Å². The van der Waals surface area contributed by atoms with Crippen molar-refractivity contribution < 1.29 is 0 Å². The van der Waals surface area contributed by atoms with E-state index in [1.54, 1.807) is 0 Å².